The highest BCUT2D eigenvalue weighted by Crippen LogP contribution is 2.26. The van der Waals surface area contributed by atoms with Crippen molar-refractivity contribution < 1.29 is 14.3 Å². The molecule has 1 aromatic carbocycles. The van der Waals surface area contributed by atoms with Gasteiger partial charge in [0.15, 0.2) is 6.61 Å². The van der Waals surface area contributed by atoms with Crippen molar-refractivity contribution in [3.05, 3.63) is 56.4 Å². The standard InChI is InChI=1S/C20H22N2O4S/c1-11(2)14-7-5-6-8-15(14)25-10-17(23)26-9-16-21-19(24)18-12(3)13(4)27-20(18)22-16/h5-8,11H,9-10H2,1-4H3,(H,21,22,24). The molecule has 0 saturated carbocycles. The van der Waals surface area contributed by atoms with E-state index in [4.69, 9.17) is 9.47 Å². The first kappa shape index (κ1) is 19.1. The number of esters is 1. The van der Waals surface area contributed by atoms with Crippen LogP contribution >= 0.6 is 11.3 Å². The van der Waals surface area contributed by atoms with Crippen molar-refractivity contribution in [2.75, 3.05) is 6.61 Å². The van der Waals surface area contributed by atoms with E-state index in [1.54, 1.807) is 0 Å². The molecule has 6 nitrogen and oxygen atoms in total. The summed E-state index contributed by atoms with van der Waals surface area (Å²) >= 11 is 1.46. The van der Waals surface area contributed by atoms with E-state index in [-0.39, 0.29) is 24.7 Å². The van der Waals surface area contributed by atoms with Crippen molar-refractivity contribution >= 4 is 27.5 Å². The maximum Gasteiger partial charge on any atom is 0.344 e. The minimum atomic E-state index is -0.519. The number of fused-ring (bicyclic) bond motifs is 1. The molecule has 0 bridgehead atoms. The van der Waals surface area contributed by atoms with E-state index < -0.39 is 5.97 Å². The Kier molecular flexibility index (Phi) is 5.60. The summed E-state index contributed by atoms with van der Waals surface area (Å²) in [6, 6.07) is 7.60. The minimum Gasteiger partial charge on any atom is -0.482 e. The van der Waals surface area contributed by atoms with Gasteiger partial charge in [-0.1, -0.05) is 32.0 Å². The lowest BCUT2D eigenvalue weighted by Crippen LogP contribution is -2.18. The number of nitrogens with one attached hydrogen (secondary N) is 1. The van der Waals surface area contributed by atoms with Crippen molar-refractivity contribution in [1.82, 2.24) is 9.97 Å². The van der Waals surface area contributed by atoms with Crippen LogP contribution < -0.4 is 10.3 Å². The van der Waals surface area contributed by atoms with E-state index in [1.807, 2.05) is 38.1 Å². The van der Waals surface area contributed by atoms with E-state index in [9.17, 15) is 9.59 Å². The Morgan fingerprint density at radius 2 is 2.00 bits per heavy atom. The molecule has 0 saturated heterocycles. The number of ether oxygens (including phenoxy) is 2. The lowest BCUT2D eigenvalue weighted by atomic mass is 10.0. The number of carbonyl (C=O) groups excluding carboxylic acids is 1. The predicted molar refractivity (Wildman–Crippen MR) is 106 cm³/mol. The van der Waals surface area contributed by atoms with Gasteiger partial charge >= 0.3 is 5.97 Å². The van der Waals surface area contributed by atoms with Gasteiger partial charge in [-0.25, -0.2) is 9.78 Å². The second-order valence-electron chi connectivity index (χ2n) is 6.62. The van der Waals surface area contributed by atoms with Crippen molar-refractivity contribution in [2.24, 2.45) is 0 Å². The maximum atomic E-state index is 12.2. The number of aryl methyl sites for hydroxylation is 2. The quantitative estimate of drug-likeness (QED) is 0.651. The Labute approximate surface area is 161 Å². The van der Waals surface area contributed by atoms with E-state index in [0.717, 1.165) is 16.0 Å². The molecule has 0 atom stereocenters. The van der Waals surface area contributed by atoms with Gasteiger partial charge in [0.2, 0.25) is 0 Å². The zero-order chi connectivity index (χ0) is 19.6. The minimum absolute atomic E-state index is 0.102. The van der Waals surface area contributed by atoms with Gasteiger partial charge in [0.25, 0.3) is 5.56 Å². The average molecular weight is 386 g/mol. The largest absolute Gasteiger partial charge is 0.482 e. The Morgan fingerprint density at radius 1 is 1.26 bits per heavy atom. The molecule has 7 heteroatoms. The zero-order valence-corrected chi connectivity index (χ0v) is 16.6. The highest BCUT2D eigenvalue weighted by atomic mass is 32.1. The summed E-state index contributed by atoms with van der Waals surface area (Å²) in [5.74, 6) is 0.761. The number of hydrogen-bond donors (Lipinski definition) is 1. The molecule has 0 aliphatic rings. The number of thiophene rings is 1. The van der Waals surface area contributed by atoms with Crippen LogP contribution in [0.4, 0.5) is 0 Å². The fraction of sp³-hybridized carbons (Fsp3) is 0.350. The number of H-pyrrole nitrogens is 1. The van der Waals surface area contributed by atoms with Crippen molar-refractivity contribution in [2.45, 2.75) is 40.2 Å². The second-order valence-corrected chi connectivity index (χ2v) is 7.82. The number of para-hydroxylation sites is 1. The van der Waals surface area contributed by atoms with Crippen LogP contribution in [-0.4, -0.2) is 22.5 Å². The number of carbonyl (C=O) groups is 1. The summed E-state index contributed by atoms with van der Waals surface area (Å²) < 4.78 is 10.8. The van der Waals surface area contributed by atoms with Gasteiger partial charge in [0.1, 0.15) is 23.0 Å². The summed E-state index contributed by atoms with van der Waals surface area (Å²) in [7, 11) is 0. The molecule has 0 radical (unpaired) electrons. The average Bonchev–Trinajstić information content (AvgIpc) is 2.92. The molecule has 2 aromatic heterocycles. The van der Waals surface area contributed by atoms with E-state index >= 15 is 0 Å². The van der Waals surface area contributed by atoms with Crippen LogP contribution in [0, 0.1) is 13.8 Å². The van der Waals surface area contributed by atoms with Gasteiger partial charge < -0.3 is 14.5 Å². The lowest BCUT2D eigenvalue weighted by Gasteiger charge is -2.13. The first-order valence-electron chi connectivity index (χ1n) is 8.73. The van der Waals surface area contributed by atoms with Gasteiger partial charge in [-0.3, -0.25) is 4.79 Å². The molecule has 0 aliphatic heterocycles. The van der Waals surface area contributed by atoms with Crippen LogP contribution in [0.5, 0.6) is 5.75 Å². The number of nitrogens with zero attached hydrogens (tertiary/aromatic N) is 1. The molecular formula is C20H22N2O4S. The Balaban J connectivity index is 1.63. The fourth-order valence-corrected chi connectivity index (χ4v) is 3.83. The molecule has 142 valence electrons. The third-order valence-corrected chi connectivity index (χ3v) is 5.45. The molecule has 3 aromatic rings. The first-order valence-corrected chi connectivity index (χ1v) is 9.54. The Bertz CT molecular complexity index is 1040. The van der Waals surface area contributed by atoms with Crippen LogP contribution in [0.15, 0.2) is 29.1 Å². The third kappa shape index (κ3) is 4.19. The molecule has 0 fully saturated rings. The molecule has 1 N–H and O–H groups in total. The predicted octanol–water partition coefficient (Wildman–Crippen LogP) is 3.85. The number of rotatable bonds is 6. The SMILES string of the molecule is Cc1sc2nc(COC(=O)COc3ccccc3C(C)C)[nH]c(=O)c2c1C. The zero-order valence-electron chi connectivity index (χ0n) is 15.8. The van der Waals surface area contributed by atoms with Gasteiger partial charge in [-0.2, -0.15) is 0 Å². The Hall–Kier alpha value is -2.67. The normalized spacial score (nSPS) is 11.1. The summed E-state index contributed by atoms with van der Waals surface area (Å²) in [5.41, 5.74) is 1.75. The molecular weight excluding hydrogens is 364 g/mol. The van der Waals surface area contributed by atoms with Crippen LogP contribution in [0.2, 0.25) is 0 Å². The van der Waals surface area contributed by atoms with Crippen LogP contribution in [0.3, 0.4) is 0 Å². The summed E-state index contributed by atoms with van der Waals surface area (Å²) in [4.78, 5) is 33.0. The molecule has 0 amide bonds. The van der Waals surface area contributed by atoms with Crippen molar-refractivity contribution in [3.8, 4) is 5.75 Å². The van der Waals surface area contributed by atoms with Gasteiger partial charge in [-0.15, -0.1) is 11.3 Å². The number of aromatic amines is 1. The van der Waals surface area contributed by atoms with Gasteiger partial charge in [0, 0.05) is 4.88 Å². The molecule has 0 aliphatic carbocycles. The maximum absolute atomic E-state index is 12.2. The summed E-state index contributed by atoms with van der Waals surface area (Å²) in [6.45, 7) is 7.67. The second kappa shape index (κ2) is 7.92. The highest BCUT2D eigenvalue weighted by molar-refractivity contribution is 7.18. The van der Waals surface area contributed by atoms with E-state index in [2.05, 4.69) is 23.8 Å². The van der Waals surface area contributed by atoms with Gasteiger partial charge in [0.05, 0.1) is 5.39 Å². The Morgan fingerprint density at radius 3 is 2.74 bits per heavy atom. The first-order chi connectivity index (χ1) is 12.9. The smallest absolute Gasteiger partial charge is 0.344 e. The highest BCUT2D eigenvalue weighted by Gasteiger charge is 2.14. The topological polar surface area (TPSA) is 81.3 Å². The third-order valence-electron chi connectivity index (χ3n) is 4.34. The van der Waals surface area contributed by atoms with E-state index in [0.29, 0.717) is 21.8 Å². The van der Waals surface area contributed by atoms with Crippen LogP contribution in [0.1, 0.15) is 41.6 Å². The lowest BCUT2D eigenvalue weighted by molar-refractivity contribution is -0.147. The molecule has 0 spiro atoms. The van der Waals surface area contributed by atoms with Crippen molar-refractivity contribution in [1.29, 1.82) is 0 Å². The fourth-order valence-electron chi connectivity index (χ4n) is 2.78. The number of hydrogen-bond acceptors (Lipinski definition) is 6. The molecule has 2 heterocycles. The summed E-state index contributed by atoms with van der Waals surface area (Å²) in [5, 5.41) is 0.598. The number of aromatic nitrogens is 2. The van der Waals surface area contributed by atoms with E-state index in [1.165, 1.54) is 11.3 Å². The molecule has 27 heavy (non-hydrogen) atoms. The van der Waals surface area contributed by atoms with Crippen LogP contribution in [0.25, 0.3) is 10.2 Å². The van der Waals surface area contributed by atoms with Gasteiger partial charge in [-0.05, 0) is 37.0 Å². The summed E-state index contributed by atoms with van der Waals surface area (Å²) in [6.07, 6.45) is 0. The monoisotopic (exact) mass is 386 g/mol. The number of benzene rings is 1. The molecule has 0 unspecified atom stereocenters. The molecule has 3 rings (SSSR count). The van der Waals surface area contributed by atoms with Crippen LogP contribution in [-0.2, 0) is 16.1 Å². The van der Waals surface area contributed by atoms with Crippen molar-refractivity contribution in [3.63, 3.8) is 0 Å².